The lowest BCUT2D eigenvalue weighted by Crippen LogP contribution is -1.93. The first-order valence-electron chi connectivity index (χ1n) is 50.4. The van der Waals surface area contributed by atoms with Crippen LogP contribution in [0.1, 0.15) is 27.4 Å². The first kappa shape index (κ1) is 52.6. The minimum Gasteiger partial charge on any atom is -0.455 e. The van der Waals surface area contributed by atoms with Crippen LogP contribution in [-0.2, 0) is 0 Å². The Kier molecular flexibility index (Phi) is 12.5. The average Bonchev–Trinajstić information content (AvgIpc) is 1.10. The van der Waals surface area contributed by atoms with Crippen LogP contribution in [0.15, 0.2) is 457 Å². The van der Waals surface area contributed by atoms with Crippen molar-refractivity contribution in [3.63, 3.8) is 0 Å². The fourth-order valence-electron chi connectivity index (χ4n) is 18.9. The highest BCUT2D eigenvalue weighted by Gasteiger charge is 2.25. The summed E-state index contributed by atoms with van der Waals surface area (Å²) >= 11 is 0. The van der Waals surface area contributed by atoms with E-state index in [0.29, 0.717) is 44.6 Å². The summed E-state index contributed by atoms with van der Waals surface area (Å²) in [5.74, 6) is 0. The van der Waals surface area contributed by atoms with Gasteiger partial charge in [0.05, 0.1) is 27.4 Å². The number of fused-ring (bicyclic) bond motifs is 17. The molecule has 0 aliphatic carbocycles. The minimum absolute atomic E-state index is 0.0899. The van der Waals surface area contributed by atoms with Crippen LogP contribution in [0.4, 0.5) is 0 Å². The molecule has 2 aromatic heterocycles. The van der Waals surface area contributed by atoms with Gasteiger partial charge < -0.3 is 8.83 Å². The molecule has 0 bridgehead atoms. The van der Waals surface area contributed by atoms with Gasteiger partial charge in [0.2, 0.25) is 0 Å². The maximum Gasteiger partial charge on any atom is 0.143 e. The number of hydrogen-bond acceptors (Lipinski definition) is 2. The molecule has 2 heterocycles. The molecule has 0 atom stereocenters. The third-order valence-electron chi connectivity index (χ3n) is 24.2. The number of hydrogen-bond donors (Lipinski definition) is 0. The van der Waals surface area contributed by atoms with Crippen molar-refractivity contribution < 1.29 is 36.2 Å². The first-order valence-corrected chi connectivity index (χ1v) is 40.4. The summed E-state index contributed by atoms with van der Waals surface area (Å²) in [6.07, 6.45) is 0. The third-order valence-corrected chi connectivity index (χ3v) is 24.2. The van der Waals surface area contributed by atoms with Crippen molar-refractivity contribution in [2.75, 3.05) is 0 Å². The van der Waals surface area contributed by atoms with Crippen LogP contribution in [0.2, 0.25) is 0 Å². The molecule has 2 heteroatoms. The topological polar surface area (TPSA) is 26.3 Å². The number of furan rings is 2. The predicted octanol–water partition coefficient (Wildman–Crippen LogP) is 34.2. The lowest BCUT2D eigenvalue weighted by atomic mass is 9.82. The third kappa shape index (κ3) is 11.6. The van der Waals surface area contributed by atoms with Crippen LogP contribution in [0.5, 0.6) is 0 Å². The highest BCUT2D eigenvalue weighted by molar-refractivity contribution is 6.30. The molecule has 566 valence electrons. The van der Waals surface area contributed by atoms with Crippen molar-refractivity contribution in [3.8, 4) is 111 Å². The monoisotopic (exact) mass is 1570 g/mol. The molecular formula is C120H74O2. The zero-order valence-electron chi connectivity index (χ0n) is 85.0. The normalized spacial score (nSPS) is 14.1. The van der Waals surface area contributed by atoms with E-state index in [1.165, 1.54) is 0 Å². The molecule has 23 aromatic carbocycles. The Morgan fingerprint density at radius 1 is 0.156 bits per heavy atom. The minimum atomic E-state index is -0.448. The van der Waals surface area contributed by atoms with Crippen LogP contribution in [0.25, 0.3) is 252 Å². The van der Waals surface area contributed by atoms with Gasteiger partial charge in [-0.05, 0) is 234 Å². The predicted molar refractivity (Wildman–Crippen MR) is 519 cm³/mol. The summed E-state index contributed by atoms with van der Waals surface area (Å²) in [7, 11) is 0. The molecule has 25 aromatic rings. The van der Waals surface area contributed by atoms with Gasteiger partial charge in [0.1, 0.15) is 22.3 Å². The van der Waals surface area contributed by atoms with Gasteiger partial charge in [0, 0.05) is 38.2 Å². The first-order chi connectivity index (χ1) is 68.8. The molecule has 0 aliphatic rings. The molecule has 0 aliphatic heterocycles. The van der Waals surface area contributed by atoms with E-state index in [0.717, 1.165) is 185 Å². The molecule has 0 saturated carbocycles. The Hall–Kier alpha value is -16.0. The largest absolute Gasteiger partial charge is 0.455 e. The van der Waals surface area contributed by atoms with Gasteiger partial charge in [-0.2, -0.15) is 0 Å². The van der Waals surface area contributed by atoms with Gasteiger partial charge >= 0.3 is 0 Å². The van der Waals surface area contributed by atoms with E-state index in [1.54, 1.807) is 12.1 Å². The standard InChI is InChI=1S/C62H38O.C58H36O/c1-3-17-39(18-4-1)48-30-16-32-54-56-36-43(33-34-58(56)63-62(48)54)55-38-44(35-41-21-7-9-23-45(41)55)47-29-15-31-53-57(37-42-22-8-10-24-46(42)60(47)53)61-51-27-13-11-25-49(51)59(40-19-5-2-6-20-40)50-26-12-14-28-52(50)61;1-3-15-38(16-4-1)44-25-13-27-51-52-28-14-26-45(58(52)59-57(44)51)39-31-29-37(30-32-39)41-33-34-46-53(35-41)43-20-8-7-19-42(43)36-54(46)56-49-23-11-9-21-47(49)55(40-17-5-2-6-18-40)48-22-10-12-24-50(48)56/h1-38H;1-36H/i1D,2D,3D,4D,5D,6D,17D,18D,19D,20D;1D,2D,3D,4D,5D,6D,15D,16D,17D,18D. The fraction of sp³-hybridized carbons (Fsp3) is 0. The smallest absolute Gasteiger partial charge is 0.143 e. The maximum absolute atomic E-state index is 9.09. The van der Waals surface area contributed by atoms with Gasteiger partial charge in [-0.25, -0.2) is 0 Å². The summed E-state index contributed by atoms with van der Waals surface area (Å²) in [4.78, 5) is 0. The summed E-state index contributed by atoms with van der Waals surface area (Å²) in [5.41, 5.74) is 16.5. The second-order valence-electron chi connectivity index (χ2n) is 30.7. The fourth-order valence-corrected chi connectivity index (χ4v) is 18.9. The van der Waals surface area contributed by atoms with E-state index >= 15 is 0 Å². The highest BCUT2D eigenvalue weighted by atomic mass is 16.3. The zero-order chi connectivity index (χ0) is 97.7. The van der Waals surface area contributed by atoms with Gasteiger partial charge in [-0.1, -0.05) is 406 Å². The second kappa shape index (κ2) is 29.0. The Balaban J connectivity index is 0.000000154. The van der Waals surface area contributed by atoms with Crippen LogP contribution in [-0.4, -0.2) is 0 Å². The molecule has 0 N–H and O–H groups in total. The number of benzene rings is 23. The summed E-state index contributed by atoms with van der Waals surface area (Å²) in [6, 6.07) is 103. The average molecular weight is 1570 g/mol. The molecule has 0 radical (unpaired) electrons. The zero-order valence-corrected chi connectivity index (χ0v) is 65.0. The molecule has 0 spiro atoms. The molecule has 0 saturated heterocycles. The molecule has 2 nitrogen and oxygen atoms in total. The van der Waals surface area contributed by atoms with Crippen molar-refractivity contribution in [2.24, 2.45) is 0 Å². The molecular weight excluding hydrogens is 1470 g/mol. The van der Waals surface area contributed by atoms with Crippen molar-refractivity contribution in [3.05, 3.63) is 448 Å². The van der Waals surface area contributed by atoms with E-state index in [4.69, 9.17) is 36.2 Å². The van der Waals surface area contributed by atoms with E-state index < -0.39 is 48.3 Å². The maximum atomic E-state index is 9.09. The summed E-state index contributed by atoms with van der Waals surface area (Å²) in [5, 5.41) is 20.5. The van der Waals surface area contributed by atoms with Crippen LogP contribution < -0.4 is 0 Å². The summed E-state index contributed by atoms with van der Waals surface area (Å²) < 4.78 is 185. The van der Waals surface area contributed by atoms with E-state index in [-0.39, 0.29) is 94.8 Å². The molecule has 0 fully saturated rings. The lowest BCUT2D eigenvalue weighted by Gasteiger charge is -2.21. The van der Waals surface area contributed by atoms with Crippen LogP contribution in [0.3, 0.4) is 0 Å². The molecule has 25 rings (SSSR count). The van der Waals surface area contributed by atoms with Crippen LogP contribution in [0, 0.1) is 0 Å². The highest BCUT2D eigenvalue weighted by Crippen LogP contribution is 2.52. The van der Waals surface area contributed by atoms with Gasteiger partial charge in [0.25, 0.3) is 0 Å². The molecule has 122 heavy (non-hydrogen) atoms. The van der Waals surface area contributed by atoms with Crippen molar-refractivity contribution in [1.82, 2.24) is 0 Å². The molecule has 0 unspecified atom stereocenters. The molecule has 0 amide bonds. The number of rotatable bonds is 10. The van der Waals surface area contributed by atoms with Crippen molar-refractivity contribution in [2.45, 2.75) is 0 Å². The van der Waals surface area contributed by atoms with Crippen molar-refractivity contribution >= 4 is 141 Å². The van der Waals surface area contributed by atoms with Crippen molar-refractivity contribution in [1.29, 1.82) is 0 Å². The van der Waals surface area contributed by atoms with Gasteiger partial charge in [-0.15, -0.1) is 0 Å². The van der Waals surface area contributed by atoms with E-state index in [2.05, 4.69) is 170 Å². The second-order valence-corrected chi connectivity index (χ2v) is 30.7. The Morgan fingerprint density at radius 3 is 1.02 bits per heavy atom. The van der Waals surface area contributed by atoms with E-state index in [9.17, 15) is 0 Å². The SMILES string of the molecule is [2H]c1c([2H])c([2H])c(-c2c3ccccc3c(-c3cc4ccccc4c4c(-c5cc(-c6ccc7oc8c(-c9c([2H])c([2H])c([2H])c([2H])c9[2H])cccc8c7c6)c6ccccc6c5)cccc34)c3ccccc23)c([2H])c1[2H].[2H]c1c([2H])c([2H])c(-c2c3ccccc3c(-c3cc4ccccc4c4cc(-c5ccc(-c6cccc7c6oc6c(-c8c([2H])c([2H])c([2H])c([2H])c8[2H])cccc67)cc5)ccc34)c3ccccc23)c([2H])c1[2H]. The Labute approximate surface area is 733 Å². The quantitative estimate of drug-likeness (QED) is 0.101. The Bertz CT molecular complexity index is 9660. The number of para-hydroxylation sites is 3. The van der Waals surface area contributed by atoms with Gasteiger partial charge in [-0.3, -0.25) is 0 Å². The van der Waals surface area contributed by atoms with Gasteiger partial charge in [0.15, 0.2) is 0 Å². The van der Waals surface area contributed by atoms with Crippen LogP contribution >= 0.6 is 0 Å². The van der Waals surface area contributed by atoms with E-state index in [1.807, 2.05) is 146 Å². The summed E-state index contributed by atoms with van der Waals surface area (Å²) in [6.45, 7) is 0. The lowest BCUT2D eigenvalue weighted by molar-refractivity contribution is 0.670. The Morgan fingerprint density at radius 2 is 0.508 bits per heavy atom.